The zero-order valence-corrected chi connectivity index (χ0v) is 21.5. The zero-order chi connectivity index (χ0) is 24.8. The molecule has 8 heteroatoms. The van der Waals surface area contributed by atoms with E-state index in [2.05, 4.69) is 47.5 Å². The fraction of sp³-hybridized carbons (Fsp3) is 0.519. The second-order valence-corrected chi connectivity index (χ2v) is 10.2. The van der Waals surface area contributed by atoms with Crippen molar-refractivity contribution in [2.75, 3.05) is 45.9 Å². The van der Waals surface area contributed by atoms with Crippen LogP contribution in [0, 0.1) is 6.92 Å². The molecule has 2 aromatic rings. The maximum absolute atomic E-state index is 13.4. The number of hydrogen-bond acceptors (Lipinski definition) is 6. The van der Waals surface area contributed by atoms with Crippen molar-refractivity contribution >= 4 is 29.1 Å². The Labute approximate surface area is 211 Å². The topological polar surface area (TPSA) is 70.2 Å². The van der Waals surface area contributed by atoms with Gasteiger partial charge in [0.25, 0.3) is 0 Å². The number of carbonyl (C=O) groups is 3. The molecule has 1 aromatic heterocycles. The van der Waals surface area contributed by atoms with Gasteiger partial charge < -0.3 is 14.5 Å². The van der Waals surface area contributed by atoms with Crippen LogP contribution in [0.25, 0.3) is 0 Å². The molecule has 2 aliphatic rings. The average molecular weight is 498 g/mol. The predicted molar refractivity (Wildman–Crippen MR) is 136 cm³/mol. The van der Waals surface area contributed by atoms with Crippen molar-refractivity contribution in [2.24, 2.45) is 0 Å². The summed E-state index contributed by atoms with van der Waals surface area (Å²) in [6.45, 7) is 7.72. The molecule has 0 spiro atoms. The Balaban J connectivity index is 1.39. The van der Waals surface area contributed by atoms with Crippen molar-refractivity contribution in [1.29, 1.82) is 0 Å². The minimum Gasteiger partial charge on any atom is -0.466 e. The molecule has 1 atom stereocenters. The number of esters is 1. The van der Waals surface area contributed by atoms with Crippen LogP contribution in [-0.2, 0) is 25.5 Å². The van der Waals surface area contributed by atoms with Crippen LogP contribution < -0.4 is 0 Å². The second-order valence-electron chi connectivity index (χ2n) is 9.20. The molecule has 1 unspecified atom stereocenters. The molecule has 7 nitrogen and oxygen atoms in total. The van der Waals surface area contributed by atoms with E-state index in [-0.39, 0.29) is 36.7 Å². The van der Waals surface area contributed by atoms with Crippen molar-refractivity contribution < 1.29 is 19.1 Å². The highest BCUT2D eigenvalue weighted by Crippen LogP contribution is 2.38. The highest BCUT2D eigenvalue weighted by Gasteiger charge is 2.33. The van der Waals surface area contributed by atoms with E-state index >= 15 is 0 Å². The number of hydrogen-bond donors (Lipinski definition) is 0. The van der Waals surface area contributed by atoms with Crippen LogP contribution in [0.3, 0.4) is 0 Å². The minimum absolute atomic E-state index is 0.0482. The SMILES string of the molecule is CCOC(=O)CCC(=O)N1CCCN(C(=O)CN2CCc3sccc3C2c2ccccc2C)CC1. The Morgan fingerprint density at radius 3 is 2.43 bits per heavy atom. The van der Waals surface area contributed by atoms with Crippen LogP contribution in [0.1, 0.15) is 53.8 Å². The lowest BCUT2D eigenvalue weighted by Gasteiger charge is -2.37. The monoisotopic (exact) mass is 497 g/mol. The molecule has 0 bridgehead atoms. The zero-order valence-electron chi connectivity index (χ0n) is 20.7. The Kier molecular flexibility index (Phi) is 8.57. The average Bonchev–Trinajstić information content (AvgIpc) is 3.18. The van der Waals surface area contributed by atoms with E-state index < -0.39 is 0 Å². The summed E-state index contributed by atoms with van der Waals surface area (Å²) in [5, 5.41) is 2.16. The van der Waals surface area contributed by atoms with Crippen LogP contribution in [0.5, 0.6) is 0 Å². The molecule has 35 heavy (non-hydrogen) atoms. The summed E-state index contributed by atoms with van der Waals surface area (Å²) >= 11 is 1.80. The standard InChI is InChI=1S/C27H35N3O4S/c1-3-34-26(33)10-9-24(31)28-13-6-14-29(17-16-28)25(32)19-30-15-11-23-22(12-18-35-23)27(30)21-8-5-4-7-20(21)2/h4-5,7-8,12,18,27H,3,6,9-11,13-17,19H2,1-2H3. The molecule has 3 heterocycles. The quantitative estimate of drug-likeness (QED) is 0.549. The summed E-state index contributed by atoms with van der Waals surface area (Å²) in [6, 6.07) is 10.7. The van der Waals surface area contributed by atoms with Crippen molar-refractivity contribution in [2.45, 2.75) is 45.6 Å². The summed E-state index contributed by atoms with van der Waals surface area (Å²) in [4.78, 5) is 45.0. The molecule has 0 saturated carbocycles. The van der Waals surface area contributed by atoms with E-state index in [1.54, 1.807) is 23.2 Å². The number of aryl methyl sites for hydroxylation is 1. The van der Waals surface area contributed by atoms with Gasteiger partial charge in [0.1, 0.15) is 0 Å². The molecule has 1 saturated heterocycles. The van der Waals surface area contributed by atoms with E-state index in [4.69, 9.17) is 4.74 Å². The Bertz CT molecular complexity index is 1050. The van der Waals surface area contributed by atoms with Gasteiger partial charge in [-0.3, -0.25) is 19.3 Å². The molecular formula is C27H35N3O4S. The number of ether oxygens (including phenoxy) is 1. The van der Waals surface area contributed by atoms with Gasteiger partial charge in [0.15, 0.2) is 0 Å². The Morgan fingerprint density at radius 2 is 1.69 bits per heavy atom. The smallest absolute Gasteiger partial charge is 0.306 e. The second kappa shape index (κ2) is 11.8. The third-order valence-corrected chi connectivity index (χ3v) is 7.93. The largest absolute Gasteiger partial charge is 0.466 e. The van der Waals surface area contributed by atoms with Crippen LogP contribution >= 0.6 is 11.3 Å². The van der Waals surface area contributed by atoms with E-state index in [0.29, 0.717) is 39.3 Å². The molecule has 0 radical (unpaired) electrons. The molecule has 2 amide bonds. The summed E-state index contributed by atoms with van der Waals surface area (Å²) in [5.74, 6) is -0.276. The van der Waals surface area contributed by atoms with Crippen molar-refractivity contribution in [3.63, 3.8) is 0 Å². The van der Waals surface area contributed by atoms with Crippen LogP contribution in [0.4, 0.5) is 0 Å². The lowest BCUT2D eigenvalue weighted by atomic mass is 9.90. The fourth-order valence-electron chi connectivity index (χ4n) is 5.09. The van der Waals surface area contributed by atoms with Crippen molar-refractivity contribution in [3.8, 4) is 0 Å². The number of nitrogens with zero attached hydrogens (tertiary/aromatic N) is 3. The first kappa shape index (κ1) is 25.4. The van der Waals surface area contributed by atoms with Gasteiger partial charge in [0, 0.05) is 44.0 Å². The van der Waals surface area contributed by atoms with Gasteiger partial charge in [-0.2, -0.15) is 0 Å². The molecule has 2 aliphatic heterocycles. The van der Waals surface area contributed by atoms with E-state index in [0.717, 1.165) is 19.4 Å². The first-order valence-electron chi connectivity index (χ1n) is 12.5. The lowest BCUT2D eigenvalue weighted by molar-refractivity contribution is -0.145. The third kappa shape index (κ3) is 6.11. The minimum atomic E-state index is -0.342. The molecule has 188 valence electrons. The maximum atomic E-state index is 13.4. The third-order valence-electron chi connectivity index (χ3n) is 6.94. The van der Waals surface area contributed by atoms with Crippen molar-refractivity contribution in [1.82, 2.24) is 14.7 Å². The lowest BCUT2D eigenvalue weighted by Crippen LogP contribution is -2.45. The summed E-state index contributed by atoms with van der Waals surface area (Å²) in [6.07, 6.45) is 1.96. The Hall–Kier alpha value is -2.71. The van der Waals surface area contributed by atoms with Crippen LogP contribution in [0.2, 0.25) is 0 Å². The first-order chi connectivity index (χ1) is 17.0. The van der Waals surface area contributed by atoms with Gasteiger partial charge in [-0.25, -0.2) is 0 Å². The molecule has 0 aliphatic carbocycles. The van der Waals surface area contributed by atoms with Gasteiger partial charge in [-0.15, -0.1) is 11.3 Å². The fourth-order valence-corrected chi connectivity index (χ4v) is 5.99. The summed E-state index contributed by atoms with van der Waals surface area (Å²) in [7, 11) is 0. The number of carbonyl (C=O) groups excluding carboxylic acids is 3. The van der Waals surface area contributed by atoms with E-state index in [1.165, 1.54) is 21.6 Å². The molecule has 4 rings (SSSR count). The van der Waals surface area contributed by atoms with Gasteiger partial charge >= 0.3 is 5.97 Å². The number of amides is 2. The van der Waals surface area contributed by atoms with Gasteiger partial charge in [-0.1, -0.05) is 24.3 Å². The van der Waals surface area contributed by atoms with E-state index in [1.807, 2.05) is 4.90 Å². The van der Waals surface area contributed by atoms with E-state index in [9.17, 15) is 14.4 Å². The van der Waals surface area contributed by atoms with Gasteiger partial charge in [-0.05, 0) is 54.8 Å². The summed E-state index contributed by atoms with van der Waals surface area (Å²) in [5.41, 5.74) is 3.81. The predicted octanol–water partition coefficient (Wildman–Crippen LogP) is 3.41. The molecule has 1 fully saturated rings. The number of benzene rings is 1. The molecular weight excluding hydrogens is 462 g/mol. The summed E-state index contributed by atoms with van der Waals surface area (Å²) < 4.78 is 4.92. The highest BCUT2D eigenvalue weighted by atomic mass is 32.1. The maximum Gasteiger partial charge on any atom is 0.306 e. The molecule has 1 aromatic carbocycles. The Morgan fingerprint density at radius 1 is 0.943 bits per heavy atom. The highest BCUT2D eigenvalue weighted by molar-refractivity contribution is 7.10. The molecule has 0 N–H and O–H groups in total. The number of fused-ring (bicyclic) bond motifs is 1. The van der Waals surface area contributed by atoms with Gasteiger partial charge in [0.2, 0.25) is 11.8 Å². The number of rotatable bonds is 7. The van der Waals surface area contributed by atoms with Crippen LogP contribution in [0.15, 0.2) is 35.7 Å². The normalized spacial score (nSPS) is 18.6. The van der Waals surface area contributed by atoms with Crippen molar-refractivity contribution in [3.05, 3.63) is 57.3 Å². The first-order valence-corrected chi connectivity index (χ1v) is 13.4. The number of thiophene rings is 1. The van der Waals surface area contributed by atoms with Gasteiger partial charge in [0.05, 0.1) is 25.6 Å². The van der Waals surface area contributed by atoms with Crippen LogP contribution in [-0.4, -0.2) is 78.4 Å².